The summed E-state index contributed by atoms with van der Waals surface area (Å²) in [5, 5.41) is 7.03. The average molecular weight is 217 g/mol. The number of hydrogen-bond acceptors (Lipinski definition) is 2. The Hall–Kier alpha value is -1.56. The van der Waals surface area contributed by atoms with Crippen LogP contribution in [0.1, 0.15) is 16.7 Å². The summed E-state index contributed by atoms with van der Waals surface area (Å²) in [6.07, 6.45) is -4.52. The maximum absolute atomic E-state index is 12.5. The minimum Gasteiger partial charge on any atom is -0.384 e. The monoisotopic (exact) mass is 217 g/mol. The molecule has 15 heavy (non-hydrogen) atoms. The van der Waals surface area contributed by atoms with Gasteiger partial charge in [-0.1, -0.05) is 12.1 Å². The molecule has 1 rings (SSSR count). The van der Waals surface area contributed by atoms with E-state index in [1.165, 1.54) is 6.07 Å². The molecule has 0 aliphatic heterocycles. The minimum absolute atomic E-state index is 0.0151. The summed E-state index contributed by atoms with van der Waals surface area (Å²) in [6.45, 7) is 0.0151. The molecule has 1 aromatic carbocycles. The molecule has 0 atom stereocenters. The van der Waals surface area contributed by atoms with Crippen LogP contribution in [0.4, 0.5) is 13.2 Å². The second-order valence-corrected chi connectivity index (χ2v) is 3.00. The molecular weight excluding hydrogens is 207 g/mol. The summed E-state index contributed by atoms with van der Waals surface area (Å²) in [4.78, 5) is 0. The summed E-state index contributed by atoms with van der Waals surface area (Å²) < 4.78 is 37.6. The van der Waals surface area contributed by atoms with Gasteiger partial charge in [0.25, 0.3) is 0 Å². The molecule has 0 heterocycles. The molecule has 0 amide bonds. The summed E-state index contributed by atoms with van der Waals surface area (Å²) in [5.74, 6) is -0.606. The van der Waals surface area contributed by atoms with Crippen LogP contribution < -0.4 is 11.5 Å². The van der Waals surface area contributed by atoms with Gasteiger partial charge in [0, 0.05) is 12.1 Å². The number of nitrogens with one attached hydrogen (secondary N) is 1. The number of rotatable bonds is 2. The second kappa shape index (κ2) is 3.90. The molecule has 3 nitrogen and oxygen atoms in total. The number of nitrogens with two attached hydrogens (primary N) is 2. The molecule has 82 valence electrons. The van der Waals surface area contributed by atoms with Gasteiger partial charge in [-0.05, 0) is 11.6 Å². The highest BCUT2D eigenvalue weighted by molar-refractivity contribution is 5.96. The maximum Gasteiger partial charge on any atom is 0.417 e. The number of hydrogen-bond donors (Lipinski definition) is 3. The van der Waals surface area contributed by atoms with Gasteiger partial charge in [0.15, 0.2) is 0 Å². The van der Waals surface area contributed by atoms with E-state index in [1.807, 2.05) is 0 Å². The highest BCUT2D eigenvalue weighted by Crippen LogP contribution is 2.32. The van der Waals surface area contributed by atoms with Crippen molar-refractivity contribution in [1.29, 1.82) is 5.41 Å². The van der Waals surface area contributed by atoms with Crippen molar-refractivity contribution in [3.63, 3.8) is 0 Å². The molecule has 0 saturated carbocycles. The number of halogens is 3. The first-order valence-electron chi connectivity index (χ1n) is 4.11. The Bertz CT molecular complexity index is 385. The topological polar surface area (TPSA) is 75.9 Å². The van der Waals surface area contributed by atoms with E-state index >= 15 is 0 Å². The van der Waals surface area contributed by atoms with Crippen molar-refractivity contribution in [1.82, 2.24) is 0 Å². The first kappa shape index (κ1) is 11.5. The SMILES string of the molecule is N=C(N)c1ccc(CN)cc1C(F)(F)F. The highest BCUT2D eigenvalue weighted by Gasteiger charge is 2.34. The van der Waals surface area contributed by atoms with E-state index < -0.39 is 17.6 Å². The van der Waals surface area contributed by atoms with Crippen LogP contribution in [0.5, 0.6) is 0 Å². The molecule has 6 heteroatoms. The molecule has 0 radical (unpaired) electrons. The predicted molar refractivity (Wildman–Crippen MR) is 50.4 cm³/mol. The smallest absolute Gasteiger partial charge is 0.384 e. The lowest BCUT2D eigenvalue weighted by Crippen LogP contribution is -2.19. The van der Waals surface area contributed by atoms with Crippen LogP contribution in [0.25, 0.3) is 0 Å². The number of amidine groups is 1. The van der Waals surface area contributed by atoms with E-state index in [4.69, 9.17) is 16.9 Å². The summed E-state index contributed by atoms with van der Waals surface area (Å²) in [6, 6.07) is 3.50. The highest BCUT2D eigenvalue weighted by atomic mass is 19.4. The molecule has 5 N–H and O–H groups in total. The van der Waals surface area contributed by atoms with Crippen LogP contribution in [0.2, 0.25) is 0 Å². The van der Waals surface area contributed by atoms with Crippen LogP contribution in [0, 0.1) is 5.41 Å². The summed E-state index contributed by atoms with van der Waals surface area (Å²) in [7, 11) is 0. The Labute approximate surface area is 84.4 Å². The van der Waals surface area contributed by atoms with Gasteiger partial charge in [-0.25, -0.2) is 0 Å². The first-order chi connectivity index (χ1) is 6.86. The lowest BCUT2D eigenvalue weighted by molar-refractivity contribution is -0.137. The Kier molecular flexibility index (Phi) is 2.99. The second-order valence-electron chi connectivity index (χ2n) is 3.00. The number of nitrogen functional groups attached to an aromatic ring is 1. The third kappa shape index (κ3) is 2.47. The lowest BCUT2D eigenvalue weighted by atomic mass is 10.0. The molecule has 0 aromatic heterocycles. The third-order valence-corrected chi connectivity index (χ3v) is 1.92. The Morgan fingerprint density at radius 2 is 1.93 bits per heavy atom. The van der Waals surface area contributed by atoms with E-state index in [0.717, 1.165) is 12.1 Å². The van der Waals surface area contributed by atoms with Crippen LogP contribution >= 0.6 is 0 Å². The zero-order valence-corrected chi connectivity index (χ0v) is 7.73. The Morgan fingerprint density at radius 1 is 1.33 bits per heavy atom. The van der Waals surface area contributed by atoms with E-state index in [9.17, 15) is 13.2 Å². The van der Waals surface area contributed by atoms with Gasteiger partial charge < -0.3 is 11.5 Å². The molecule has 0 unspecified atom stereocenters. The van der Waals surface area contributed by atoms with Gasteiger partial charge in [0.2, 0.25) is 0 Å². The van der Waals surface area contributed by atoms with Crippen molar-refractivity contribution in [3.8, 4) is 0 Å². The fraction of sp³-hybridized carbons (Fsp3) is 0.222. The minimum atomic E-state index is -4.52. The number of alkyl halides is 3. The zero-order chi connectivity index (χ0) is 11.6. The third-order valence-electron chi connectivity index (χ3n) is 1.92. The molecule has 1 aromatic rings. The maximum atomic E-state index is 12.5. The van der Waals surface area contributed by atoms with Crippen molar-refractivity contribution in [3.05, 3.63) is 34.9 Å². The zero-order valence-electron chi connectivity index (χ0n) is 7.73. The van der Waals surface area contributed by atoms with Crippen LogP contribution in [-0.2, 0) is 12.7 Å². The molecule has 0 saturated heterocycles. The van der Waals surface area contributed by atoms with Gasteiger partial charge in [-0.15, -0.1) is 0 Å². The van der Waals surface area contributed by atoms with E-state index in [2.05, 4.69) is 0 Å². The quantitative estimate of drug-likeness (QED) is 0.518. The van der Waals surface area contributed by atoms with Crippen LogP contribution in [0.3, 0.4) is 0 Å². The molecular formula is C9H10F3N3. The molecule has 0 aliphatic carbocycles. The van der Waals surface area contributed by atoms with Crippen LogP contribution in [-0.4, -0.2) is 5.84 Å². The van der Waals surface area contributed by atoms with Gasteiger partial charge in [-0.3, -0.25) is 5.41 Å². The van der Waals surface area contributed by atoms with Gasteiger partial charge in [0.1, 0.15) is 5.84 Å². The fourth-order valence-corrected chi connectivity index (χ4v) is 1.19. The van der Waals surface area contributed by atoms with Gasteiger partial charge >= 0.3 is 6.18 Å². The first-order valence-corrected chi connectivity index (χ1v) is 4.11. The Morgan fingerprint density at radius 3 is 2.33 bits per heavy atom. The van der Waals surface area contributed by atoms with Gasteiger partial charge in [-0.2, -0.15) is 13.2 Å². The molecule has 0 fully saturated rings. The Balaban J connectivity index is 3.36. The predicted octanol–water partition coefficient (Wildman–Crippen LogP) is 1.45. The van der Waals surface area contributed by atoms with Crippen molar-refractivity contribution in [2.24, 2.45) is 11.5 Å². The normalized spacial score (nSPS) is 11.5. The van der Waals surface area contributed by atoms with E-state index in [1.54, 1.807) is 0 Å². The van der Waals surface area contributed by atoms with E-state index in [0.29, 0.717) is 5.56 Å². The summed E-state index contributed by atoms with van der Waals surface area (Å²) in [5.41, 5.74) is 9.41. The van der Waals surface area contributed by atoms with Crippen molar-refractivity contribution in [2.45, 2.75) is 12.7 Å². The van der Waals surface area contributed by atoms with E-state index in [-0.39, 0.29) is 12.1 Å². The standard InChI is InChI=1S/C9H10F3N3/c10-9(11,12)7-3-5(4-13)1-2-6(7)8(14)15/h1-3H,4,13H2,(H3,14,15). The average Bonchev–Trinajstić information content (AvgIpc) is 2.15. The van der Waals surface area contributed by atoms with Crippen molar-refractivity contribution < 1.29 is 13.2 Å². The molecule has 0 aliphatic rings. The molecule has 0 spiro atoms. The number of benzene rings is 1. The van der Waals surface area contributed by atoms with Crippen molar-refractivity contribution >= 4 is 5.84 Å². The fourth-order valence-electron chi connectivity index (χ4n) is 1.19. The molecule has 0 bridgehead atoms. The summed E-state index contributed by atoms with van der Waals surface area (Å²) >= 11 is 0. The largest absolute Gasteiger partial charge is 0.417 e. The lowest BCUT2D eigenvalue weighted by Gasteiger charge is -2.12. The van der Waals surface area contributed by atoms with Crippen LogP contribution in [0.15, 0.2) is 18.2 Å². The van der Waals surface area contributed by atoms with Crippen molar-refractivity contribution in [2.75, 3.05) is 0 Å². The van der Waals surface area contributed by atoms with Gasteiger partial charge in [0.05, 0.1) is 5.56 Å².